The summed E-state index contributed by atoms with van der Waals surface area (Å²) in [6.07, 6.45) is 8.70. The third-order valence-corrected chi connectivity index (χ3v) is 25.1. The van der Waals surface area contributed by atoms with Gasteiger partial charge in [-0.25, -0.2) is 9.97 Å². The highest BCUT2D eigenvalue weighted by molar-refractivity contribution is 7.15. The second-order valence-electron chi connectivity index (χ2n) is 33.0. The zero-order valence-corrected chi connectivity index (χ0v) is 73.6. The molecule has 24 heteroatoms. The number of hydrogen-bond donors (Lipinski definition) is 5. The van der Waals surface area contributed by atoms with Crippen molar-refractivity contribution in [2.45, 2.75) is 71.3 Å². The largest absolute Gasteiger partial charge is 0.490 e. The SMILES string of the molecule is CC(C)Oc1ccc(-c2cccc3[nH]c(-c4ccc(N5CCOCC5)cc4)cc23)cc1C#N.Cc1ncc(-c2cc3c(-c4ccc(OC5CCOCC5)c(C#N)c4)cccc3[nH]2)s1.N#Cc1cc(-c2cccc3[nH]c(-c4ccc(N5CCOCC5)cc4)cc23)ccc1CN1CCOCC1.N#Cc1cc(-c2cccc3[nH]c(-c4cncc(N)n4)cc23)ccc1OC1CCOCC1. The van der Waals surface area contributed by atoms with Gasteiger partial charge in [0.05, 0.1) is 134 Å². The molecule has 10 aromatic carbocycles. The van der Waals surface area contributed by atoms with Crippen molar-refractivity contribution in [2.24, 2.45) is 0 Å². The molecule has 0 amide bonds. The molecular weight excluding hydrogens is 1640 g/mol. The van der Waals surface area contributed by atoms with Gasteiger partial charge in [-0.3, -0.25) is 9.88 Å². The number of morpholine rings is 3. The van der Waals surface area contributed by atoms with Gasteiger partial charge in [-0.05, 0) is 197 Å². The summed E-state index contributed by atoms with van der Waals surface area (Å²) in [4.78, 5) is 35.1. The Morgan fingerprint density at radius 1 is 0.415 bits per heavy atom. The van der Waals surface area contributed by atoms with E-state index in [1.54, 1.807) is 17.5 Å². The number of aromatic nitrogens is 7. The van der Waals surface area contributed by atoms with E-state index in [-0.39, 0.29) is 18.3 Å². The first-order chi connectivity index (χ1) is 63.8. The van der Waals surface area contributed by atoms with E-state index < -0.39 is 0 Å². The molecule has 6 aromatic heterocycles. The number of nitrogens with one attached hydrogen (secondary N) is 4. The number of rotatable bonds is 18. The normalized spacial score (nSPS) is 15.0. The number of ether oxygens (including phenoxy) is 8. The molecule has 130 heavy (non-hydrogen) atoms. The lowest BCUT2D eigenvalue weighted by molar-refractivity contribution is 0.0252. The number of fused-ring (bicyclic) bond motifs is 4. The quantitative estimate of drug-likeness (QED) is 0.0533. The highest BCUT2D eigenvalue weighted by Crippen LogP contribution is 2.42. The fourth-order valence-electron chi connectivity index (χ4n) is 17.4. The number of nitrogen functional groups attached to an aromatic ring is 1. The first-order valence-corrected chi connectivity index (χ1v) is 45.1. The fraction of sp³-hybridized carbons (Fsp3) is 0.255. The number of anilines is 3. The van der Waals surface area contributed by atoms with E-state index >= 15 is 0 Å². The maximum Gasteiger partial charge on any atom is 0.142 e. The number of hydrogen-bond acceptors (Lipinski definition) is 20. The molecule has 5 fully saturated rings. The van der Waals surface area contributed by atoms with Gasteiger partial charge in [0.1, 0.15) is 59.2 Å². The summed E-state index contributed by atoms with van der Waals surface area (Å²) in [6.45, 7) is 19.7. The van der Waals surface area contributed by atoms with Gasteiger partial charge in [0.25, 0.3) is 0 Å². The van der Waals surface area contributed by atoms with Crippen molar-refractivity contribution in [1.29, 1.82) is 21.0 Å². The molecule has 0 saturated carbocycles. The minimum absolute atomic E-state index is 0.0215. The summed E-state index contributed by atoms with van der Waals surface area (Å²) in [5.41, 5.74) is 31.3. The number of benzene rings is 10. The van der Waals surface area contributed by atoms with Gasteiger partial charge >= 0.3 is 0 Å². The average molecular weight is 1740 g/mol. The molecular formula is C106H99N15O8S. The van der Waals surface area contributed by atoms with E-state index in [2.05, 4.69) is 195 Å². The van der Waals surface area contributed by atoms with Crippen molar-refractivity contribution in [2.75, 3.05) is 121 Å². The van der Waals surface area contributed by atoms with Crippen LogP contribution in [0.3, 0.4) is 0 Å². The smallest absolute Gasteiger partial charge is 0.142 e. The Morgan fingerprint density at radius 3 is 1.22 bits per heavy atom. The lowest BCUT2D eigenvalue weighted by Crippen LogP contribution is -2.36. The van der Waals surface area contributed by atoms with Gasteiger partial charge in [-0.1, -0.05) is 103 Å². The Bertz CT molecular complexity index is 6870. The molecule has 5 aliphatic rings. The monoisotopic (exact) mass is 1740 g/mol. The summed E-state index contributed by atoms with van der Waals surface area (Å²) < 4.78 is 45.2. The Balaban J connectivity index is 0.000000117. The molecule has 21 rings (SSSR count). The van der Waals surface area contributed by atoms with Gasteiger partial charge < -0.3 is 73.4 Å². The number of aromatic amines is 4. The fourth-order valence-corrected chi connectivity index (χ4v) is 18.2. The molecule has 6 N–H and O–H groups in total. The van der Waals surface area contributed by atoms with Crippen LogP contribution in [0.2, 0.25) is 0 Å². The van der Waals surface area contributed by atoms with E-state index in [9.17, 15) is 21.0 Å². The van der Waals surface area contributed by atoms with Crippen LogP contribution < -0.4 is 29.7 Å². The van der Waals surface area contributed by atoms with Crippen LogP contribution in [0.15, 0.2) is 237 Å². The lowest BCUT2D eigenvalue weighted by atomic mass is 9.97. The van der Waals surface area contributed by atoms with Crippen LogP contribution in [-0.2, 0) is 30.2 Å². The summed E-state index contributed by atoms with van der Waals surface area (Å²) in [5, 5.41) is 44.5. The molecule has 0 spiro atoms. The molecule has 0 aliphatic carbocycles. The first kappa shape index (κ1) is 86.3. The number of nitrogens with zero attached hydrogens (tertiary/aromatic N) is 10. The Kier molecular flexibility index (Phi) is 26.8. The van der Waals surface area contributed by atoms with Crippen molar-refractivity contribution in [3.8, 4) is 131 Å². The Labute approximate surface area is 758 Å². The van der Waals surface area contributed by atoms with Gasteiger partial charge in [-0.15, -0.1) is 11.3 Å². The van der Waals surface area contributed by atoms with Crippen LogP contribution in [0.1, 0.15) is 72.4 Å². The number of aryl methyl sites for hydroxylation is 1. The summed E-state index contributed by atoms with van der Waals surface area (Å²) in [6, 6.07) is 83.9. The van der Waals surface area contributed by atoms with Gasteiger partial charge in [0.15, 0.2) is 0 Å². The molecule has 0 radical (unpaired) electrons. The van der Waals surface area contributed by atoms with E-state index in [1.165, 1.54) is 17.6 Å². The standard InChI is InChI=1S/C30H30N4O2.C28H27N3O2.C24H21N5O2.C24H21N3O2S/c31-20-25-18-23(4-5-24(25)21-33-10-14-35-15-11-33)27-2-1-3-29-28(27)19-30(32-29)22-6-8-26(9-7-22)34-12-16-36-17-13-34;1-19(2)33-28-11-8-21(16-22(28)18-29)24-4-3-5-26-25(24)17-27(30-26)20-6-9-23(10-7-20)31-12-14-32-15-13-31;25-12-16-10-15(4-5-23(16)31-17-6-8-30-9-7-17)18-2-1-3-20-19(18)11-21(28-20)22-13-27-14-24(26)29-22;1-15-26-14-24(30-15)22-12-20-19(3-2-4-21(20)27-22)16-5-6-23(17(11-16)13-25)29-18-7-9-28-10-8-18/h1-9,18-19,32H,10-17,21H2;3-11,16-17,19,30H,12-15H2,1-2H3;1-5,10-11,13-14,17,28H,6-9H2,(H2,26,29);2-6,11-12,14,18,27H,7-10H2,1H3. The predicted molar refractivity (Wildman–Crippen MR) is 513 cm³/mol. The molecule has 0 unspecified atom stereocenters. The molecule has 23 nitrogen and oxygen atoms in total. The van der Waals surface area contributed by atoms with Crippen molar-refractivity contribution < 1.29 is 37.9 Å². The predicted octanol–water partition coefficient (Wildman–Crippen LogP) is 21.0. The van der Waals surface area contributed by atoms with E-state index in [0.717, 1.165) is 254 Å². The van der Waals surface area contributed by atoms with Crippen LogP contribution in [0.25, 0.3) is 133 Å². The summed E-state index contributed by atoms with van der Waals surface area (Å²) >= 11 is 1.67. The lowest BCUT2D eigenvalue weighted by Gasteiger charge is -2.28. The molecule has 11 heterocycles. The van der Waals surface area contributed by atoms with E-state index in [0.29, 0.717) is 71.9 Å². The minimum Gasteiger partial charge on any atom is -0.490 e. The maximum atomic E-state index is 9.89. The van der Waals surface area contributed by atoms with Crippen LogP contribution in [0.5, 0.6) is 17.2 Å². The number of nitriles is 4. The molecule has 0 atom stereocenters. The van der Waals surface area contributed by atoms with Gasteiger partial charge in [-0.2, -0.15) is 21.0 Å². The van der Waals surface area contributed by atoms with Crippen molar-refractivity contribution >= 4 is 72.1 Å². The first-order valence-electron chi connectivity index (χ1n) is 44.3. The van der Waals surface area contributed by atoms with Crippen molar-refractivity contribution in [3.05, 3.63) is 270 Å². The second-order valence-corrected chi connectivity index (χ2v) is 34.3. The second kappa shape index (κ2) is 40.3. The topological polar surface area (TPSA) is 307 Å². The van der Waals surface area contributed by atoms with Gasteiger partial charge in [0.2, 0.25) is 0 Å². The Morgan fingerprint density at radius 2 is 0.792 bits per heavy atom. The molecule has 0 bridgehead atoms. The summed E-state index contributed by atoms with van der Waals surface area (Å²) in [7, 11) is 0. The molecule has 652 valence electrons. The third kappa shape index (κ3) is 20.0. The number of H-pyrrole nitrogens is 4. The van der Waals surface area contributed by atoms with Crippen LogP contribution in [-0.4, -0.2) is 163 Å². The highest BCUT2D eigenvalue weighted by Gasteiger charge is 2.25. The molecule has 16 aromatic rings. The maximum absolute atomic E-state index is 9.89. The van der Waals surface area contributed by atoms with Crippen molar-refractivity contribution in [3.63, 3.8) is 0 Å². The van der Waals surface area contributed by atoms with Crippen LogP contribution in [0.4, 0.5) is 17.2 Å². The average Bonchev–Trinajstić information content (AvgIpc) is 1.62. The Hall–Kier alpha value is -14.4. The summed E-state index contributed by atoms with van der Waals surface area (Å²) in [5.74, 6) is 2.26. The van der Waals surface area contributed by atoms with E-state index in [1.807, 2.05) is 124 Å². The zero-order valence-electron chi connectivity index (χ0n) is 72.8. The minimum atomic E-state index is 0.0215. The molecule has 5 aliphatic heterocycles. The van der Waals surface area contributed by atoms with Crippen LogP contribution in [0, 0.1) is 52.2 Å². The van der Waals surface area contributed by atoms with Crippen molar-refractivity contribution in [1.82, 2.24) is 39.8 Å². The number of nitrogens with two attached hydrogens (primary N) is 1. The molecule has 5 saturated heterocycles. The van der Waals surface area contributed by atoms with E-state index in [4.69, 9.17) is 43.6 Å². The zero-order chi connectivity index (χ0) is 88.8. The van der Waals surface area contributed by atoms with Gasteiger partial charge in [0, 0.05) is 144 Å². The number of thiazole rings is 1. The third-order valence-electron chi connectivity index (χ3n) is 24.1. The van der Waals surface area contributed by atoms with Crippen LogP contribution >= 0.6 is 11.3 Å². The highest BCUT2D eigenvalue weighted by atomic mass is 32.1.